The first-order valence-corrected chi connectivity index (χ1v) is 9.12. The predicted molar refractivity (Wildman–Crippen MR) is 92.6 cm³/mol. The van der Waals surface area contributed by atoms with Crippen molar-refractivity contribution in [3.05, 3.63) is 35.9 Å². The zero-order valence-electron chi connectivity index (χ0n) is 14.2. The second kappa shape index (κ2) is 8.49. The zero-order chi connectivity index (χ0) is 16.8. The first-order chi connectivity index (χ1) is 11.8. The summed E-state index contributed by atoms with van der Waals surface area (Å²) in [5.74, 6) is 0. The third-order valence-corrected chi connectivity index (χ3v) is 4.92. The maximum atomic E-state index is 12.6. The van der Waals surface area contributed by atoms with Crippen LogP contribution >= 0.6 is 0 Å². The second-order valence-corrected chi connectivity index (χ2v) is 6.86. The number of aliphatic hydroxyl groups excluding tert-OH is 1. The van der Waals surface area contributed by atoms with Gasteiger partial charge in [0.05, 0.1) is 6.04 Å². The van der Waals surface area contributed by atoms with E-state index in [1.165, 1.54) is 12.8 Å². The third kappa shape index (κ3) is 4.71. The molecule has 1 saturated heterocycles. The number of hydrogen-bond acceptors (Lipinski definition) is 4. The van der Waals surface area contributed by atoms with Crippen molar-refractivity contribution in [3.63, 3.8) is 0 Å². The highest BCUT2D eigenvalue weighted by molar-refractivity contribution is 5.68. The smallest absolute Gasteiger partial charge is 0.410 e. The fourth-order valence-corrected chi connectivity index (χ4v) is 3.48. The van der Waals surface area contributed by atoms with Gasteiger partial charge in [0.15, 0.2) is 0 Å². The van der Waals surface area contributed by atoms with Gasteiger partial charge in [-0.05, 0) is 44.1 Å². The summed E-state index contributed by atoms with van der Waals surface area (Å²) in [6.07, 6.45) is 5.98. The number of amides is 1. The minimum Gasteiger partial charge on any atom is -0.445 e. The number of nitrogens with one attached hydrogen (secondary N) is 1. The lowest BCUT2D eigenvalue weighted by atomic mass is 9.94. The number of carbonyl (C=O) groups is 1. The quantitative estimate of drug-likeness (QED) is 0.806. The molecule has 0 unspecified atom stereocenters. The van der Waals surface area contributed by atoms with Crippen molar-refractivity contribution in [2.45, 2.75) is 63.3 Å². The predicted octanol–water partition coefficient (Wildman–Crippen LogP) is 2.68. The van der Waals surface area contributed by atoms with Gasteiger partial charge in [-0.15, -0.1) is 0 Å². The number of carbonyl (C=O) groups excluding carboxylic acids is 1. The fourth-order valence-electron chi connectivity index (χ4n) is 3.48. The summed E-state index contributed by atoms with van der Waals surface area (Å²) in [5, 5.41) is 13.0. The van der Waals surface area contributed by atoms with Crippen molar-refractivity contribution in [3.8, 4) is 0 Å². The lowest BCUT2D eigenvalue weighted by molar-refractivity contribution is 0.0536. The van der Waals surface area contributed by atoms with Gasteiger partial charge in [0.1, 0.15) is 6.61 Å². The Labute approximate surface area is 144 Å². The highest BCUT2D eigenvalue weighted by Gasteiger charge is 2.36. The molecule has 1 aromatic rings. The van der Waals surface area contributed by atoms with E-state index in [2.05, 4.69) is 5.32 Å². The van der Waals surface area contributed by atoms with E-state index in [1.807, 2.05) is 35.2 Å². The lowest BCUT2D eigenvalue weighted by Crippen LogP contribution is -2.55. The number of aliphatic hydroxyl groups is 1. The molecule has 2 aliphatic rings. The number of benzene rings is 1. The van der Waals surface area contributed by atoms with Crippen molar-refractivity contribution in [1.29, 1.82) is 0 Å². The number of hydrogen-bond donors (Lipinski definition) is 2. The van der Waals surface area contributed by atoms with E-state index in [4.69, 9.17) is 4.74 Å². The van der Waals surface area contributed by atoms with Crippen LogP contribution in [-0.4, -0.2) is 47.4 Å². The number of piperidine rings is 1. The number of rotatable bonds is 7. The summed E-state index contributed by atoms with van der Waals surface area (Å²) < 4.78 is 5.54. The number of nitrogens with zero attached hydrogens (tertiary/aromatic N) is 1. The van der Waals surface area contributed by atoms with Crippen molar-refractivity contribution in [2.24, 2.45) is 0 Å². The zero-order valence-corrected chi connectivity index (χ0v) is 14.2. The molecular weight excluding hydrogens is 304 g/mol. The lowest BCUT2D eigenvalue weighted by Gasteiger charge is -2.40. The molecule has 0 aromatic heterocycles. The minimum absolute atomic E-state index is 0.120. The molecule has 1 aromatic carbocycles. The summed E-state index contributed by atoms with van der Waals surface area (Å²) in [6, 6.07) is 10.6. The number of likely N-dealkylation sites (tertiary alicyclic amines) is 1. The molecule has 132 valence electrons. The first kappa shape index (κ1) is 17.2. The molecular formula is C19H28N2O3. The van der Waals surface area contributed by atoms with Crippen LogP contribution in [0.25, 0.3) is 0 Å². The van der Waals surface area contributed by atoms with Crippen LogP contribution in [0.15, 0.2) is 30.3 Å². The van der Waals surface area contributed by atoms with Crippen LogP contribution in [0.2, 0.25) is 0 Å². The summed E-state index contributed by atoms with van der Waals surface area (Å²) in [4.78, 5) is 14.5. The topological polar surface area (TPSA) is 61.8 Å². The highest BCUT2D eigenvalue weighted by atomic mass is 16.6. The van der Waals surface area contributed by atoms with Gasteiger partial charge in [0.2, 0.25) is 0 Å². The van der Waals surface area contributed by atoms with E-state index < -0.39 is 0 Å². The monoisotopic (exact) mass is 332 g/mol. The first-order valence-electron chi connectivity index (χ1n) is 9.12. The van der Waals surface area contributed by atoms with Crippen LogP contribution in [0.1, 0.15) is 44.1 Å². The number of ether oxygens (including phenoxy) is 1. The molecule has 0 bridgehead atoms. The summed E-state index contributed by atoms with van der Waals surface area (Å²) in [6.45, 7) is 1.20. The fraction of sp³-hybridized carbons (Fsp3) is 0.632. The largest absolute Gasteiger partial charge is 0.445 e. The Morgan fingerprint density at radius 1 is 1.25 bits per heavy atom. The molecule has 1 amide bonds. The maximum Gasteiger partial charge on any atom is 0.410 e. The van der Waals surface area contributed by atoms with Gasteiger partial charge in [-0.2, -0.15) is 0 Å². The average Bonchev–Trinajstić information content (AvgIpc) is 3.44. The molecule has 1 heterocycles. The van der Waals surface area contributed by atoms with E-state index in [0.717, 1.165) is 31.4 Å². The second-order valence-electron chi connectivity index (χ2n) is 6.86. The van der Waals surface area contributed by atoms with Crippen molar-refractivity contribution >= 4 is 6.09 Å². The van der Waals surface area contributed by atoms with Crippen LogP contribution in [0.4, 0.5) is 4.79 Å². The minimum atomic E-state index is -0.232. The Hall–Kier alpha value is -1.59. The molecule has 2 atom stereocenters. The Kier molecular flexibility index (Phi) is 6.10. The molecule has 3 rings (SSSR count). The molecule has 2 N–H and O–H groups in total. The molecule has 5 heteroatoms. The average molecular weight is 332 g/mol. The highest BCUT2D eigenvalue weighted by Crippen LogP contribution is 2.26. The Bertz CT molecular complexity index is 519. The van der Waals surface area contributed by atoms with Gasteiger partial charge in [0, 0.05) is 25.2 Å². The standard InChI is InChI=1S/C19H28N2O3/c22-13-11-17(20-16-9-10-16)18-8-4-5-12-21(18)19(23)24-14-15-6-2-1-3-7-15/h1-3,6-7,16-18,20,22H,4-5,8-14H2/t17-,18+/m0/s1. The van der Waals surface area contributed by atoms with Crippen LogP contribution < -0.4 is 5.32 Å². The van der Waals surface area contributed by atoms with Gasteiger partial charge >= 0.3 is 6.09 Å². The van der Waals surface area contributed by atoms with Gasteiger partial charge in [0.25, 0.3) is 0 Å². The van der Waals surface area contributed by atoms with E-state index in [0.29, 0.717) is 19.1 Å². The van der Waals surface area contributed by atoms with E-state index in [-0.39, 0.29) is 24.8 Å². The summed E-state index contributed by atoms with van der Waals surface area (Å²) in [5.41, 5.74) is 1.00. The Morgan fingerprint density at radius 3 is 2.75 bits per heavy atom. The van der Waals surface area contributed by atoms with Crippen LogP contribution in [0, 0.1) is 0 Å². The molecule has 24 heavy (non-hydrogen) atoms. The van der Waals surface area contributed by atoms with Crippen molar-refractivity contribution < 1.29 is 14.6 Å². The molecule has 0 radical (unpaired) electrons. The van der Waals surface area contributed by atoms with E-state index in [1.54, 1.807) is 0 Å². The van der Waals surface area contributed by atoms with Crippen molar-refractivity contribution in [2.75, 3.05) is 13.2 Å². The molecule has 0 spiro atoms. The SMILES string of the molecule is O=C(OCc1ccccc1)N1CCCC[C@@H]1[C@H](CCO)NC1CC1. The van der Waals surface area contributed by atoms with Gasteiger partial charge < -0.3 is 20.1 Å². The molecule has 5 nitrogen and oxygen atoms in total. The van der Waals surface area contributed by atoms with Gasteiger partial charge in [-0.3, -0.25) is 0 Å². The molecule has 1 aliphatic carbocycles. The Morgan fingerprint density at radius 2 is 2.04 bits per heavy atom. The van der Waals surface area contributed by atoms with Crippen LogP contribution in [0.5, 0.6) is 0 Å². The normalized spacial score (nSPS) is 22.2. The molecule has 2 fully saturated rings. The van der Waals surface area contributed by atoms with Crippen LogP contribution in [0.3, 0.4) is 0 Å². The third-order valence-electron chi connectivity index (χ3n) is 4.92. The van der Waals surface area contributed by atoms with Crippen LogP contribution in [-0.2, 0) is 11.3 Å². The van der Waals surface area contributed by atoms with Gasteiger partial charge in [-0.1, -0.05) is 30.3 Å². The summed E-state index contributed by atoms with van der Waals surface area (Å²) in [7, 11) is 0. The van der Waals surface area contributed by atoms with Crippen molar-refractivity contribution in [1.82, 2.24) is 10.2 Å². The summed E-state index contributed by atoms with van der Waals surface area (Å²) >= 11 is 0. The molecule has 1 saturated carbocycles. The van der Waals surface area contributed by atoms with Gasteiger partial charge in [-0.25, -0.2) is 4.79 Å². The maximum absolute atomic E-state index is 12.6. The Balaban J connectivity index is 1.60. The molecule has 1 aliphatic heterocycles. The van der Waals surface area contributed by atoms with E-state index in [9.17, 15) is 9.90 Å². The van der Waals surface area contributed by atoms with E-state index >= 15 is 0 Å².